The summed E-state index contributed by atoms with van der Waals surface area (Å²) in [7, 11) is 1.94. The average molecular weight is 339 g/mol. The van der Waals surface area contributed by atoms with Crippen LogP contribution in [-0.4, -0.2) is 29.9 Å². The number of allylic oxidation sites excluding steroid dienone is 5. The number of likely N-dealkylation sites (N-methyl/N-ethyl adjacent to an activating group) is 1. The zero-order chi connectivity index (χ0) is 17.0. The zero-order valence-corrected chi connectivity index (χ0v) is 14.4. The van der Waals surface area contributed by atoms with Crippen LogP contribution in [0.1, 0.15) is 32.3 Å². The van der Waals surface area contributed by atoms with Crippen molar-refractivity contribution in [3.63, 3.8) is 0 Å². The summed E-state index contributed by atoms with van der Waals surface area (Å²) in [5.41, 5.74) is 3.92. The SMILES string of the molecule is C/C(=C\C1=C(/C=C(\C)C(F)F)N(C)CCC1)c1ccncc1Cl. The second-order valence-corrected chi connectivity index (χ2v) is 6.21. The Hall–Kier alpha value is -1.68. The smallest absolute Gasteiger partial charge is 0.260 e. The molecule has 0 N–H and O–H groups in total. The Kier molecular flexibility index (Phi) is 5.94. The fourth-order valence-electron chi connectivity index (χ4n) is 2.66. The molecule has 1 aromatic rings. The summed E-state index contributed by atoms with van der Waals surface area (Å²) < 4.78 is 25.7. The summed E-state index contributed by atoms with van der Waals surface area (Å²) in [5, 5.41) is 0.590. The van der Waals surface area contributed by atoms with Crippen LogP contribution in [0.5, 0.6) is 0 Å². The molecule has 124 valence electrons. The van der Waals surface area contributed by atoms with E-state index in [0.29, 0.717) is 5.02 Å². The van der Waals surface area contributed by atoms with Gasteiger partial charge in [-0.25, -0.2) is 8.78 Å². The van der Waals surface area contributed by atoms with Crippen molar-refractivity contribution in [1.29, 1.82) is 0 Å². The topological polar surface area (TPSA) is 16.1 Å². The summed E-state index contributed by atoms with van der Waals surface area (Å²) >= 11 is 6.19. The lowest BCUT2D eigenvalue weighted by Crippen LogP contribution is -2.24. The molecule has 0 aliphatic carbocycles. The van der Waals surface area contributed by atoms with Gasteiger partial charge in [0.2, 0.25) is 0 Å². The molecule has 0 saturated heterocycles. The Labute approximate surface area is 141 Å². The number of alkyl halides is 2. The van der Waals surface area contributed by atoms with Crippen molar-refractivity contribution in [2.75, 3.05) is 13.6 Å². The van der Waals surface area contributed by atoms with Crippen LogP contribution in [0.4, 0.5) is 8.78 Å². The van der Waals surface area contributed by atoms with E-state index in [1.807, 2.05) is 31.0 Å². The quantitative estimate of drug-likeness (QED) is 0.737. The molecule has 1 aromatic heterocycles. The van der Waals surface area contributed by atoms with Crippen LogP contribution in [0.3, 0.4) is 0 Å². The van der Waals surface area contributed by atoms with Crippen molar-refractivity contribution in [2.24, 2.45) is 0 Å². The van der Waals surface area contributed by atoms with E-state index >= 15 is 0 Å². The monoisotopic (exact) mass is 338 g/mol. The van der Waals surface area contributed by atoms with Gasteiger partial charge in [-0.2, -0.15) is 0 Å². The third-order valence-electron chi connectivity index (χ3n) is 3.98. The van der Waals surface area contributed by atoms with Crippen LogP contribution in [0.2, 0.25) is 5.02 Å². The molecular weight excluding hydrogens is 318 g/mol. The molecule has 0 radical (unpaired) electrons. The van der Waals surface area contributed by atoms with Gasteiger partial charge in [-0.05, 0) is 61.1 Å². The Bertz CT molecular complexity index is 663. The van der Waals surface area contributed by atoms with Crippen LogP contribution in [-0.2, 0) is 0 Å². The van der Waals surface area contributed by atoms with Gasteiger partial charge in [0.25, 0.3) is 6.43 Å². The minimum atomic E-state index is -2.43. The average Bonchev–Trinajstić information content (AvgIpc) is 2.50. The molecule has 0 fully saturated rings. The molecule has 1 aliphatic rings. The second kappa shape index (κ2) is 7.73. The highest BCUT2D eigenvalue weighted by molar-refractivity contribution is 6.32. The van der Waals surface area contributed by atoms with Gasteiger partial charge in [-0.3, -0.25) is 4.98 Å². The van der Waals surface area contributed by atoms with Crippen LogP contribution in [0.25, 0.3) is 5.57 Å². The van der Waals surface area contributed by atoms with Crippen molar-refractivity contribution < 1.29 is 8.78 Å². The normalized spacial score (nSPS) is 17.3. The molecule has 2 heterocycles. The van der Waals surface area contributed by atoms with Crippen LogP contribution >= 0.6 is 11.6 Å². The first kappa shape index (κ1) is 17.7. The maximum atomic E-state index is 12.9. The van der Waals surface area contributed by atoms with Crippen LogP contribution < -0.4 is 0 Å². The fourth-order valence-corrected chi connectivity index (χ4v) is 2.93. The van der Waals surface area contributed by atoms with E-state index in [2.05, 4.69) is 4.98 Å². The predicted octanol–water partition coefficient (Wildman–Crippen LogP) is 5.33. The van der Waals surface area contributed by atoms with Gasteiger partial charge in [-0.1, -0.05) is 17.7 Å². The Balaban J connectivity index is 2.46. The largest absolute Gasteiger partial charge is 0.374 e. The van der Waals surface area contributed by atoms with Gasteiger partial charge < -0.3 is 4.90 Å². The number of aromatic nitrogens is 1. The highest BCUT2D eigenvalue weighted by Crippen LogP contribution is 2.29. The maximum absolute atomic E-state index is 12.9. The van der Waals surface area contributed by atoms with Crippen LogP contribution in [0, 0.1) is 0 Å². The first-order chi connectivity index (χ1) is 10.9. The van der Waals surface area contributed by atoms with E-state index in [4.69, 9.17) is 11.6 Å². The zero-order valence-electron chi connectivity index (χ0n) is 13.6. The lowest BCUT2D eigenvalue weighted by Gasteiger charge is -2.28. The van der Waals surface area contributed by atoms with E-state index < -0.39 is 6.43 Å². The lowest BCUT2D eigenvalue weighted by atomic mass is 9.97. The number of hydrogen-bond acceptors (Lipinski definition) is 2. The van der Waals surface area contributed by atoms with Gasteiger partial charge in [0.15, 0.2) is 0 Å². The molecule has 2 nitrogen and oxygen atoms in total. The van der Waals surface area contributed by atoms with Gasteiger partial charge in [-0.15, -0.1) is 0 Å². The molecule has 0 spiro atoms. The lowest BCUT2D eigenvalue weighted by molar-refractivity contribution is 0.189. The molecular formula is C18H21ClF2N2. The Morgan fingerprint density at radius 3 is 2.74 bits per heavy atom. The first-order valence-corrected chi connectivity index (χ1v) is 7.96. The molecule has 0 amide bonds. The van der Waals surface area contributed by atoms with Crippen molar-refractivity contribution in [1.82, 2.24) is 9.88 Å². The summed E-state index contributed by atoms with van der Waals surface area (Å²) in [6.45, 7) is 4.31. The number of hydrogen-bond donors (Lipinski definition) is 0. The highest BCUT2D eigenvalue weighted by Gasteiger charge is 2.16. The molecule has 1 aliphatic heterocycles. The van der Waals surface area contributed by atoms with E-state index in [-0.39, 0.29) is 5.57 Å². The Morgan fingerprint density at radius 1 is 1.35 bits per heavy atom. The van der Waals surface area contributed by atoms with Crippen molar-refractivity contribution >= 4 is 17.2 Å². The molecule has 0 bridgehead atoms. The molecule has 0 atom stereocenters. The van der Waals surface area contributed by atoms with Gasteiger partial charge in [0.05, 0.1) is 5.02 Å². The van der Waals surface area contributed by atoms with Crippen molar-refractivity contribution in [3.05, 3.63) is 58.0 Å². The molecule has 5 heteroatoms. The van der Waals surface area contributed by atoms with E-state index in [9.17, 15) is 8.78 Å². The minimum Gasteiger partial charge on any atom is -0.374 e. The number of nitrogens with zero attached hydrogens (tertiary/aromatic N) is 2. The van der Waals surface area contributed by atoms with E-state index in [1.54, 1.807) is 18.5 Å². The second-order valence-electron chi connectivity index (χ2n) is 5.81. The molecule has 0 unspecified atom stereocenters. The third-order valence-corrected chi connectivity index (χ3v) is 4.28. The minimum absolute atomic E-state index is 0.0826. The Morgan fingerprint density at radius 2 is 2.09 bits per heavy atom. The summed E-state index contributed by atoms with van der Waals surface area (Å²) in [6.07, 6.45) is 6.38. The molecule has 0 aromatic carbocycles. The number of rotatable bonds is 4. The standard InChI is InChI=1S/C18H21ClF2N2/c1-12(15-6-7-22-11-16(15)19)9-14-5-4-8-23(3)17(14)10-13(2)18(20)21/h6-7,9-11,18H,4-5,8H2,1-3H3/b12-9+,13-10+. The van der Waals surface area contributed by atoms with Gasteiger partial charge >= 0.3 is 0 Å². The van der Waals surface area contributed by atoms with Crippen LogP contribution in [0.15, 0.2) is 47.5 Å². The fraction of sp³-hybridized carbons (Fsp3) is 0.389. The highest BCUT2D eigenvalue weighted by atomic mass is 35.5. The third kappa shape index (κ3) is 4.41. The predicted molar refractivity (Wildman–Crippen MR) is 91.5 cm³/mol. The maximum Gasteiger partial charge on any atom is 0.260 e. The van der Waals surface area contributed by atoms with E-state index in [1.165, 1.54) is 6.92 Å². The first-order valence-electron chi connectivity index (χ1n) is 7.59. The van der Waals surface area contributed by atoms with Gasteiger partial charge in [0, 0.05) is 31.7 Å². The number of halogens is 3. The molecule has 2 rings (SSSR count). The molecule has 0 saturated carbocycles. The van der Waals surface area contributed by atoms with E-state index in [0.717, 1.165) is 41.8 Å². The summed E-state index contributed by atoms with van der Waals surface area (Å²) in [4.78, 5) is 6.02. The van der Waals surface area contributed by atoms with Crippen molar-refractivity contribution in [3.8, 4) is 0 Å². The summed E-state index contributed by atoms with van der Waals surface area (Å²) in [5.74, 6) is 0. The number of pyridine rings is 1. The molecule has 23 heavy (non-hydrogen) atoms. The summed E-state index contributed by atoms with van der Waals surface area (Å²) in [6, 6.07) is 1.86. The van der Waals surface area contributed by atoms with Gasteiger partial charge in [0.1, 0.15) is 0 Å². The van der Waals surface area contributed by atoms with Crippen molar-refractivity contribution in [2.45, 2.75) is 33.1 Å².